The van der Waals surface area contributed by atoms with Crippen molar-refractivity contribution in [3.63, 3.8) is 0 Å². The van der Waals surface area contributed by atoms with Crippen LogP contribution in [-0.2, 0) is 4.74 Å². The van der Waals surface area contributed by atoms with E-state index in [0.717, 1.165) is 13.2 Å². The average Bonchev–Trinajstić information content (AvgIpc) is 2.40. The van der Waals surface area contributed by atoms with E-state index in [0.29, 0.717) is 36.0 Å². The summed E-state index contributed by atoms with van der Waals surface area (Å²) < 4.78 is 5.92. The second-order valence-electron chi connectivity index (χ2n) is 7.21. The Bertz CT molecular complexity index is 316. The lowest BCUT2D eigenvalue weighted by Gasteiger charge is -2.61. The Labute approximate surface area is 123 Å². The molecule has 4 atom stereocenters. The monoisotopic (exact) mass is 281 g/mol. The topological polar surface area (TPSA) is 41.5 Å². The van der Waals surface area contributed by atoms with Crippen LogP contribution in [0.4, 0.5) is 0 Å². The smallest absolute Gasteiger partial charge is 0.0661 e. The molecule has 3 rings (SSSR count). The summed E-state index contributed by atoms with van der Waals surface area (Å²) in [5, 5.41) is 13.4. The molecule has 0 saturated heterocycles. The maximum atomic E-state index is 9.52. The highest BCUT2D eigenvalue weighted by Gasteiger charge is 2.58. The van der Waals surface area contributed by atoms with Crippen LogP contribution in [0.2, 0.25) is 0 Å². The van der Waals surface area contributed by atoms with E-state index >= 15 is 0 Å². The quantitative estimate of drug-likeness (QED) is 0.786. The third kappa shape index (κ3) is 2.53. The van der Waals surface area contributed by atoms with Gasteiger partial charge in [0.1, 0.15) is 0 Å². The number of hydrogen-bond acceptors (Lipinski definition) is 3. The van der Waals surface area contributed by atoms with Gasteiger partial charge in [0.05, 0.1) is 6.10 Å². The molecule has 0 aromatic heterocycles. The van der Waals surface area contributed by atoms with E-state index in [1.165, 1.54) is 51.4 Å². The Morgan fingerprint density at radius 3 is 2.50 bits per heavy atom. The minimum absolute atomic E-state index is 0.379. The van der Waals surface area contributed by atoms with Gasteiger partial charge >= 0.3 is 0 Å². The maximum Gasteiger partial charge on any atom is 0.0661 e. The van der Waals surface area contributed by atoms with E-state index in [1.807, 2.05) is 0 Å². The minimum Gasteiger partial charge on any atom is -0.396 e. The van der Waals surface area contributed by atoms with Gasteiger partial charge in [0.15, 0.2) is 0 Å². The molecule has 4 unspecified atom stereocenters. The largest absolute Gasteiger partial charge is 0.396 e. The summed E-state index contributed by atoms with van der Waals surface area (Å²) in [5.41, 5.74) is 0.472. The number of aliphatic hydroxyl groups is 1. The number of nitrogens with one attached hydrogen (secondary N) is 1. The molecule has 0 aromatic rings. The Balaban J connectivity index is 1.49. The first-order chi connectivity index (χ1) is 9.80. The summed E-state index contributed by atoms with van der Waals surface area (Å²) in [6.07, 6.45) is 11.0. The Hall–Kier alpha value is -0.120. The zero-order valence-electron chi connectivity index (χ0n) is 12.9. The van der Waals surface area contributed by atoms with Gasteiger partial charge in [-0.05, 0) is 57.4 Å². The molecule has 3 heteroatoms. The molecule has 20 heavy (non-hydrogen) atoms. The summed E-state index contributed by atoms with van der Waals surface area (Å²) in [4.78, 5) is 0. The molecule has 3 nitrogen and oxygen atoms in total. The molecule has 3 aliphatic carbocycles. The van der Waals surface area contributed by atoms with Crippen LogP contribution in [0.5, 0.6) is 0 Å². The normalized spacial score (nSPS) is 39.3. The van der Waals surface area contributed by atoms with Crippen LogP contribution in [-0.4, -0.2) is 37.0 Å². The van der Waals surface area contributed by atoms with E-state index < -0.39 is 0 Å². The van der Waals surface area contributed by atoms with E-state index in [4.69, 9.17) is 4.74 Å². The Morgan fingerprint density at radius 2 is 1.90 bits per heavy atom. The van der Waals surface area contributed by atoms with Gasteiger partial charge in [0, 0.05) is 24.7 Å². The fraction of sp³-hybridized carbons (Fsp3) is 1.00. The standard InChI is InChI=1S/C17H31NO2/c1-2-20-16-10-15(17(16)8-5-9-17)18-11-13-6-3-4-7-14(13)12-19/h13-16,18-19H,2-12H2,1H3. The lowest BCUT2D eigenvalue weighted by atomic mass is 9.51. The summed E-state index contributed by atoms with van der Waals surface area (Å²) in [6.45, 7) is 4.45. The van der Waals surface area contributed by atoms with Crippen LogP contribution in [0.25, 0.3) is 0 Å². The molecule has 3 fully saturated rings. The zero-order chi connectivity index (χ0) is 14.0. The van der Waals surface area contributed by atoms with Gasteiger partial charge in [0.25, 0.3) is 0 Å². The second-order valence-corrected chi connectivity index (χ2v) is 7.21. The molecule has 3 saturated carbocycles. The van der Waals surface area contributed by atoms with Gasteiger partial charge in [-0.1, -0.05) is 19.3 Å². The van der Waals surface area contributed by atoms with Crippen molar-refractivity contribution in [3.05, 3.63) is 0 Å². The molecule has 0 amide bonds. The molecule has 1 spiro atoms. The molecular formula is C17H31NO2. The van der Waals surface area contributed by atoms with Crippen molar-refractivity contribution in [1.29, 1.82) is 0 Å². The second kappa shape index (κ2) is 6.33. The van der Waals surface area contributed by atoms with Crippen molar-refractivity contribution in [2.45, 2.75) is 70.4 Å². The number of aliphatic hydroxyl groups excluding tert-OH is 1. The predicted molar refractivity (Wildman–Crippen MR) is 80.6 cm³/mol. The van der Waals surface area contributed by atoms with E-state index in [-0.39, 0.29) is 0 Å². The van der Waals surface area contributed by atoms with Crippen molar-refractivity contribution in [2.75, 3.05) is 19.8 Å². The van der Waals surface area contributed by atoms with Gasteiger partial charge in [-0.3, -0.25) is 0 Å². The molecule has 0 bridgehead atoms. The Morgan fingerprint density at radius 1 is 1.15 bits per heavy atom. The molecule has 3 aliphatic rings. The van der Waals surface area contributed by atoms with Crippen molar-refractivity contribution >= 4 is 0 Å². The molecule has 2 N–H and O–H groups in total. The summed E-state index contributed by atoms with van der Waals surface area (Å²) in [6, 6.07) is 0.675. The van der Waals surface area contributed by atoms with Gasteiger partial charge in [0.2, 0.25) is 0 Å². The fourth-order valence-corrected chi connectivity index (χ4v) is 4.81. The van der Waals surface area contributed by atoms with E-state index in [1.54, 1.807) is 0 Å². The third-order valence-electron chi connectivity index (χ3n) is 6.36. The first kappa shape index (κ1) is 14.8. The van der Waals surface area contributed by atoms with Crippen molar-refractivity contribution < 1.29 is 9.84 Å². The first-order valence-corrected chi connectivity index (χ1v) is 8.76. The molecule has 0 heterocycles. The molecule has 0 radical (unpaired) electrons. The van der Waals surface area contributed by atoms with Crippen LogP contribution < -0.4 is 5.32 Å². The van der Waals surface area contributed by atoms with E-state index in [9.17, 15) is 5.11 Å². The van der Waals surface area contributed by atoms with Crippen molar-refractivity contribution in [1.82, 2.24) is 5.32 Å². The van der Waals surface area contributed by atoms with Crippen LogP contribution in [0, 0.1) is 17.3 Å². The van der Waals surface area contributed by atoms with Gasteiger partial charge < -0.3 is 15.2 Å². The summed E-state index contributed by atoms with van der Waals surface area (Å²) >= 11 is 0. The third-order valence-corrected chi connectivity index (χ3v) is 6.36. The van der Waals surface area contributed by atoms with Crippen LogP contribution in [0.3, 0.4) is 0 Å². The lowest BCUT2D eigenvalue weighted by molar-refractivity contribution is -0.173. The highest BCUT2D eigenvalue weighted by molar-refractivity contribution is 5.12. The summed E-state index contributed by atoms with van der Waals surface area (Å²) in [5.74, 6) is 1.23. The van der Waals surface area contributed by atoms with Gasteiger partial charge in [-0.15, -0.1) is 0 Å². The van der Waals surface area contributed by atoms with E-state index in [2.05, 4.69) is 12.2 Å². The van der Waals surface area contributed by atoms with Crippen LogP contribution in [0.1, 0.15) is 58.3 Å². The van der Waals surface area contributed by atoms with Crippen molar-refractivity contribution in [2.24, 2.45) is 17.3 Å². The fourth-order valence-electron chi connectivity index (χ4n) is 4.81. The Kier molecular flexibility index (Phi) is 4.68. The van der Waals surface area contributed by atoms with Gasteiger partial charge in [-0.25, -0.2) is 0 Å². The highest BCUT2D eigenvalue weighted by atomic mass is 16.5. The molecular weight excluding hydrogens is 250 g/mol. The number of ether oxygens (including phenoxy) is 1. The number of rotatable bonds is 6. The first-order valence-electron chi connectivity index (χ1n) is 8.76. The highest BCUT2D eigenvalue weighted by Crippen LogP contribution is 2.57. The average molecular weight is 281 g/mol. The van der Waals surface area contributed by atoms with Crippen LogP contribution >= 0.6 is 0 Å². The number of hydrogen-bond donors (Lipinski definition) is 2. The van der Waals surface area contributed by atoms with Crippen LogP contribution in [0.15, 0.2) is 0 Å². The molecule has 0 aliphatic heterocycles. The SMILES string of the molecule is CCOC1CC(NCC2CCCCC2CO)C12CCC2. The molecule has 116 valence electrons. The predicted octanol–water partition coefficient (Wildman–Crippen LogP) is 2.72. The zero-order valence-corrected chi connectivity index (χ0v) is 12.9. The molecule has 0 aromatic carbocycles. The van der Waals surface area contributed by atoms with Crippen molar-refractivity contribution in [3.8, 4) is 0 Å². The minimum atomic E-state index is 0.379. The lowest BCUT2D eigenvalue weighted by Crippen LogP contribution is -2.67. The van der Waals surface area contributed by atoms with Gasteiger partial charge in [-0.2, -0.15) is 0 Å². The summed E-state index contributed by atoms with van der Waals surface area (Å²) in [7, 11) is 0. The maximum absolute atomic E-state index is 9.52.